The highest BCUT2D eigenvalue weighted by atomic mass is 32.2. The number of rotatable bonds is 7. The van der Waals surface area contributed by atoms with Crippen LogP contribution in [0.15, 0.2) is 24.3 Å². The van der Waals surface area contributed by atoms with E-state index < -0.39 is 24.5 Å². The van der Waals surface area contributed by atoms with Crippen LogP contribution in [0.3, 0.4) is 0 Å². The van der Waals surface area contributed by atoms with E-state index in [0.29, 0.717) is 5.75 Å². The van der Waals surface area contributed by atoms with Crippen molar-refractivity contribution in [1.82, 2.24) is 5.32 Å². The molecular formula is C13H17NO4S. The topological polar surface area (TPSA) is 86.6 Å². The van der Waals surface area contributed by atoms with Crippen LogP contribution in [0.2, 0.25) is 0 Å². The van der Waals surface area contributed by atoms with E-state index in [1.165, 1.54) is 17.3 Å². The van der Waals surface area contributed by atoms with Crippen LogP contribution in [0, 0.1) is 6.92 Å². The quantitative estimate of drug-likeness (QED) is 0.689. The number of hydrogen-bond acceptors (Lipinski definition) is 4. The molecule has 5 nitrogen and oxygen atoms in total. The number of carbonyl (C=O) groups excluding carboxylic acids is 1. The van der Waals surface area contributed by atoms with Gasteiger partial charge in [0.25, 0.3) is 0 Å². The molecule has 0 saturated heterocycles. The molecule has 0 aromatic heterocycles. The molecule has 1 aromatic carbocycles. The van der Waals surface area contributed by atoms with Gasteiger partial charge in [0, 0.05) is 5.75 Å². The van der Waals surface area contributed by atoms with Gasteiger partial charge in [-0.15, -0.1) is 11.8 Å². The number of benzene rings is 1. The maximum atomic E-state index is 11.5. The van der Waals surface area contributed by atoms with Gasteiger partial charge < -0.3 is 15.5 Å². The normalized spacial score (nSPS) is 11.9. The zero-order chi connectivity index (χ0) is 14.3. The van der Waals surface area contributed by atoms with Gasteiger partial charge in [-0.25, -0.2) is 4.79 Å². The lowest BCUT2D eigenvalue weighted by Crippen LogP contribution is -2.44. The minimum atomic E-state index is -1.24. The van der Waals surface area contributed by atoms with Gasteiger partial charge in [-0.3, -0.25) is 4.79 Å². The summed E-state index contributed by atoms with van der Waals surface area (Å²) in [6.45, 7) is 1.40. The maximum Gasteiger partial charge on any atom is 0.328 e. The highest BCUT2D eigenvalue weighted by Crippen LogP contribution is 2.12. The minimum Gasteiger partial charge on any atom is -0.480 e. The lowest BCUT2D eigenvalue weighted by Gasteiger charge is -2.11. The molecule has 0 aliphatic heterocycles. The molecular weight excluding hydrogens is 266 g/mol. The fourth-order valence-electron chi connectivity index (χ4n) is 1.37. The maximum absolute atomic E-state index is 11.5. The van der Waals surface area contributed by atoms with Gasteiger partial charge in [-0.1, -0.05) is 29.8 Å². The van der Waals surface area contributed by atoms with Crippen molar-refractivity contribution >= 4 is 23.6 Å². The summed E-state index contributed by atoms with van der Waals surface area (Å²) in [5, 5.41) is 19.7. The Labute approximate surface area is 116 Å². The molecule has 0 unspecified atom stereocenters. The molecule has 1 atom stereocenters. The lowest BCUT2D eigenvalue weighted by molar-refractivity contribution is -0.142. The first kappa shape index (κ1) is 15.5. The van der Waals surface area contributed by atoms with Crippen molar-refractivity contribution in [3.8, 4) is 0 Å². The van der Waals surface area contributed by atoms with Gasteiger partial charge in [-0.2, -0.15) is 0 Å². The zero-order valence-electron chi connectivity index (χ0n) is 10.6. The van der Waals surface area contributed by atoms with Gasteiger partial charge in [-0.05, 0) is 12.5 Å². The fraction of sp³-hybridized carbons (Fsp3) is 0.385. The molecule has 19 heavy (non-hydrogen) atoms. The Morgan fingerprint density at radius 1 is 1.32 bits per heavy atom. The molecule has 1 aromatic rings. The first-order valence-electron chi connectivity index (χ1n) is 5.79. The van der Waals surface area contributed by atoms with Crippen molar-refractivity contribution in [2.75, 3.05) is 12.4 Å². The minimum absolute atomic E-state index is 0.164. The SMILES string of the molecule is Cc1ccc(CSCC(=O)N[C@@H](CO)C(=O)O)cc1. The van der Waals surface area contributed by atoms with Crippen molar-refractivity contribution < 1.29 is 19.8 Å². The van der Waals surface area contributed by atoms with Crippen LogP contribution in [-0.2, 0) is 15.3 Å². The number of hydrogen-bond donors (Lipinski definition) is 3. The summed E-state index contributed by atoms with van der Waals surface area (Å²) in [6.07, 6.45) is 0. The Bertz CT molecular complexity index is 433. The van der Waals surface area contributed by atoms with Crippen molar-refractivity contribution in [1.29, 1.82) is 0 Å². The van der Waals surface area contributed by atoms with E-state index in [9.17, 15) is 9.59 Å². The molecule has 0 spiro atoms. The molecule has 0 radical (unpaired) electrons. The summed E-state index contributed by atoms with van der Waals surface area (Å²) in [5.74, 6) is -0.777. The van der Waals surface area contributed by atoms with E-state index in [0.717, 1.165) is 5.56 Å². The highest BCUT2D eigenvalue weighted by Gasteiger charge is 2.18. The molecule has 0 bridgehead atoms. The second-order valence-electron chi connectivity index (χ2n) is 4.12. The largest absolute Gasteiger partial charge is 0.480 e. The van der Waals surface area contributed by atoms with Crippen LogP contribution in [0.4, 0.5) is 0 Å². The number of amides is 1. The number of aliphatic hydroxyl groups excluding tert-OH is 1. The van der Waals surface area contributed by atoms with Gasteiger partial charge >= 0.3 is 5.97 Å². The standard InChI is InChI=1S/C13H17NO4S/c1-9-2-4-10(5-3-9)7-19-8-12(16)14-11(6-15)13(17)18/h2-5,11,15H,6-8H2,1H3,(H,14,16)(H,17,18)/t11-/m0/s1. The Kier molecular flexibility index (Phi) is 6.38. The third-order valence-electron chi connectivity index (χ3n) is 2.44. The van der Waals surface area contributed by atoms with Gasteiger partial charge in [0.1, 0.15) is 6.04 Å². The van der Waals surface area contributed by atoms with E-state index >= 15 is 0 Å². The molecule has 0 aliphatic rings. The van der Waals surface area contributed by atoms with Crippen LogP contribution in [0.5, 0.6) is 0 Å². The molecule has 6 heteroatoms. The summed E-state index contributed by atoms with van der Waals surface area (Å²) in [7, 11) is 0. The Morgan fingerprint density at radius 3 is 2.47 bits per heavy atom. The van der Waals surface area contributed by atoms with Crippen molar-refractivity contribution in [2.45, 2.75) is 18.7 Å². The third-order valence-corrected chi connectivity index (χ3v) is 3.44. The number of carboxylic acid groups (broad SMARTS) is 1. The summed E-state index contributed by atoms with van der Waals surface area (Å²) in [4.78, 5) is 22.1. The Morgan fingerprint density at radius 2 is 1.95 bits per heavy atom. The van der Waals surface area contributed by atoms with E-state index in [-0.39, 0.29) is 5.75 Å². The monoisotopic (exact) mass is 283 g/mol. The molecule has 3 N–H and O–H groups in total. The van der Waals surface area contributed by atoms with Crippen molar-refractivity contribution in [2.24, 2.45) is 0 Å². The zero-order valence-corrected chi connectivity index (χ0v) is 11.4. The number of carboxylic acids is 1. The molecule has 0 saturated carbocycles. The number of aliphatic hydroxyl groups is 1. The third kappa shape index (κ3) is 5.76. The molecule has 1 rings (SSSR count). The Balaban J connectivity index is 2.30. The molecule has 0 fully saturated rings. The van der Waals surface area contributed by atoms with Gasteiger partial charge in [0.05, 0.1) is 12.4 Å². The molecule has 0 aliphatic carbocycles. The van der Waals surface area contributed by atoms with Gasteiger partial charge in [0.15, 0.2) is 0 Å². The fourth-order valence-corrected chi connectivity index (χ4v) is 2.17. The average molecular weight is 283 g/mol. The van der Waals surface area contributed by atoms with Crippen LogP contribution >= 0.6 is 11.8 Å². The summed E-state index contributed by atoms with van der Waals surface area (Å²) in [5.41, 5.74) is 2.29. The smallest absolute Gasteiger partial charge is 0.328 e. The number of carbonyl (C=O) groups is 2. The predicted molar refractivity (Wildman–Crippen MR) is 74.0 cm³/mol. The van der Waals surface area contributed by atoms with Crippen LogP contribution in [0.25, 0.3) is 0 Å². The van der Waals surface area contributed by atoms with Crippen molar-refractivity contribution in [3.05, 3.63) is 35.4 Å². The first-order valence-corrected chi connectivity index (χ1v) is 6.94. The van der Waals surface area contributed by atoms with Crippen LogP contribution < -0.4 is 5.32 Å². The summed E-state index contributed by atoms with van der Waals surface area (Å²) < 4.78 is 0. The first-order chi connectivity index (χ1) is 9.02. The number of aryl methyl sites for hydroxylation is 1. The van der Waals surface area contributed by atoms with Gasteiger partial charge in [0.2, 0.25) is 5.91 Å². The van der Waals surface area contributed by atoms with Crippen LogP contribution in [0.1, 0.15) is 11.1 Å². The predicted octanol–water partition coefficient (Wildman–Crippen LogP) is 0.790. The molecule has 1 amide bonds. The molecule has 104 valence electrons. The summed E-state index contributed by atoms with van der Waals surface area (Å²) in [6, 6.07) is 6.76. The number of aliphatic carboxylic acids is 1. The van der Waals surface area contributed by atoms with Crippen molar-refractivity contribution in [3.63, 3.8) is 0 Å². The van der Waals surface area contributed by atoms with E-state index in [2.05, 4.69) is 5.32 Å². The second kappa shape index (κ2) is 7.81. The number of nitrogens with one attached hydrogen (secondary N) is 1. The van der Waals surface area contributed by atoms with E-state index in [1.54, 1.807) is 0 Å². The Hall–Kier alpha value is -1.53. The second-order valence-corrected chi connectivity index (χ2v) is 5.10. The summed E-state index contributed by atoms with van der Waals surface area (Å²) >= 11 is 1.40. The molecule has 0 heterocycles. The average Bonchev–Trinajstić information content (AvgIpc) is 2.38. The highest BCUT2D eigenvalue weighted by molar-refractivity contribution is 7.99. The lowest BCUT2D eigenvalue weighted by atomic mass is 10.2. The van der Waals surface area contributed by atoms with E-state index in [1.807, 2.05) is 31.2 Å². The van der Waals surface area contributed by atoms with Crippen LogP contribution in [-0.4, -0.2) is 40.5 Å². The van der Waals surface area contributed by atoms with E-state index in [4.69, 9.17) is 10.2 Å². The number of thioether (sulfide) groups is 1.